The molecule has 2 aromatic carbocycles. The van der Waals surface area contributed by atoms with Crippen molar-refractivity contribution in [2.24, 2.45) is 0 Å². The van der Waals surface area contributed by atoms with Gasteiger partial charge in [-0.3, -0.25) is 9.48 Å². The second kappa shape index (κ2) is 8.78. The molecular weight excluding hydrogens is 426 g/mol. The van der Waals surface area contributed by atoms with Crippen LogP contribution in [0.5, 0.6) is 5.75 Å². The van der Waals surface area contributed by atoms with Crippen LogP contribution in [0.2, 0.25) is 0 Å². The quantitative estimate of drug-likeness (QED) is 0.605. The van der Waals surface area contributed by atoms with E-state index < -0.39 is 9.84 Å². The molecule has 0 aliphatic carbocycles. The van der Waals surface area contributed by atoms with E-state index in [9.17, 15) is 13.2 Å². The number of carbonyl (C=O) groups excluding carboxylic acids is 1. The van der Waals surface area contributed by atoms with Crippen LogP contribution < -0.4 is 10.1 Å². The maximum Gasteiger partial charge on any atom is 0.276 e. The number of hydrogen-bond acceptors (Lipinski definition) is 5. The minimum absolute atomic E-state index is 0.0342. The van der Waals surface area contributed by atoms with E-state index in [1.54, 1.807) is 35.0 Å². The second-order valence-corrected chi connectivity index (χ2v) is 10.4. The van der Waals surface area contributed by atoms with E-state index in [0.717, 1.165) is 28.1 Å². The number of nitrogens with zero attached hydrogens (tertiary/aromatic N) is 2. The molecule has 0 radical (unpaired) electrons. The van der Waals surface area contributed by atoms with Crippen molar-refractivity contribution >= 4 is 21.4 Å². The van der Waals surface area contributed by atoms with Gasteiger partial charge in [0.25, 0.3) is 5.91 Å². The normalized spacial score (nSPS) is 17.3. The maximum absolute atomic E-state index is 12.9. The van der Waals surface area contributed by atoms with Crippen LogP contribution in [-0.4, -0.2) is 42.2 Å². The van der Waals surface area contributed by atoms with Gasteiger partial charge in [0.1, 0.15) is 5.75 Å². The molecule has 1 saturated heterocycles. The SMILES string of the molecule is CCOc1ccc(NC(=O)c2cc(-c3ccc(C)c(C)c3)n(C3CCS(=O)(=O)C3)n2)cc1. The highest BCUT2D eigenvalue weighted by atomic mass is 32.2. The lowest BCUT2D eigenvalue weighted by Gasteiger charge is -2.14. The zero-order valence-electron chi connectivity index (χ0n) is 18.5. The van der Waals surface area contributed by atoms with Crippen LogP contribution in [0.3, 0.4) is 0 Å². The monoisotopic (exact) mass is 453 g/mol. The summed E-state index contributed by atoms with van der Waals surface area (Å²) in [5.41, 5.74) is 4.81. The number of aromatic nitrogens is 2. The molecule has 1 amide bonds. The van der Waals surface area contributed by atoms with Crippen LogP contribution in [0.25, 0.3) is 11.3 Å². The molecule has 0 saturated carbocycles. The standard InChI is InChI=1S/C24H27N3O4S/c1-4-31-21-9-7-19(8-10-21)25-24(28)22-14-23(18-6-5-16(2)17(3)13-18)27(26-22)20-11-12-32(29,30)15-20/h5-10,13-14,20H,4,11-12,15H2,1-3H3,(H,25,28). The average Bonchev–Trinajstić information content (AvgIpc) is 3.35. The van der Waals surface area contributed by atoms with Gasteiger partial charge < -0.3 is 10.1 Å². The predicted molar refractivity (Wildman–Crippen MR) is 125 cm³/mol. The van der Waals surface area contributed by atoms with Gasteiger partial charge >= 0.3 is 0 Å². The number of aryl methyl sites for hydroxylation is 2. The third-order valence-corrected chi connectivity index (χ3v) is 7.50. The summed E-state index contributed by atoms with van der Waals surface area (Å²) in [6.45, 7) is 6.55. The third kappa shape index (κ3) is 4.70. The first-order chi connectivity index (χ1) is 15.3. The van der Waals surface area contributed by atoms with Gasteiger partial charge in [-0.25, -0.2) is 8.42 Å². The van der Waals surface area contributed by atoms with Crippen molar-refractivity contribution in [2.45, 2.75) is 33.2 Å². The molecule has 1 N–H and O–H groups in total. The van der Waals surface area contributed by atoms with Crippen molar-refractivity contribution in [3.05, 3.63) is 65.4 Å². The number of amides is 1. The van der Waals surface area contributed by atoms with E-state index in [2.05, 4.69) is 10.4 Å². The molecule has 168 valence electrons. The molecule has 1 aliphatic heterocycles. The number of benzene rings is 2. The van der Waals surface area contributed by atoms with E-state index in [-0.39, 0.29) is 29.1 Å². The molecule has 4 rings (SSSR count). The van der Waals surface area contributed by atoms with Gasteiger partial charge in [0.05, 0.1) is 29.8 Å². The number of nitrogens with one attached hydrogen (secondary N) is 1. The molecular formula is C24H27N3O4S. The number of sulfone groups is 1. The number of hydrogen-bond donors (Lipinski definition) is 1. The zero-order chi connectivity index (χ0) is 22.9. The minimum Gasteiger partial charge on any atom is -0.494 e. The highest BCUT2D eigenvalue weighted by Crippen LogP contribution is 2.31. The summed E-state index contributed by atoms with van der Waals surface area (Å²) in [6, 6.07) is 14.6. The summed E-state index contributed by atoms with van der Waals surface area (Å²) < 4.78 is 31.3. The molecule has 8 heteroatoms. The molecule has 1 atom stereocenters. The Bertz CT molecular complexity index is 1250. The highest BCUT2D eigenvalue weighted by Gasteiger charge is 2.32. The van der Waals surface area contributed by atoms with Crippen LogP contribution >= 0.6 is 0 Å². The minimum atomic E-state index is -3.10. The van der Waals surface area contributed by atoms with Gasteiger partial charge in [0, 0.05) is 11.3 Å². The van der Waals surface area contributed by atoms with Gasteiger partial charge in [-0.15, -0.1) is 0 Å². The molecule has 1 fully saturated rings. The molecule has 3 aromatic rings. The van der Waals surface area contributed by atoms with Gasteiger partial charge in [-0.2, -0.15) is 5.10 Å². The van der Waals surface area contributed by atoms with Crippen LogP contribution in [0.4, 0.5) is 5.69 Å². The largest absolute Gasteiger partial charge is 0.494 e. The van der Waals surface area contributed by atoms with Gasteiger partial charge in [-0.1, -0.05) is 12.1 Å². The molecule has 32 heavy (non-hydrogen) atoms. The molecule has 7 nitrogen and oxygen atoms in total. The summed E-state index contributed by atoms with van der Waals surface area (Å²) in [4.78, 5) is 12.9. The summed E-state index contributed by atoms with van der Waals surface area (Å²) in [6.07, 6.45) is 0.488. The molecule has 0 spiro atoms. The summed E-state index contributed by atoms with van der Waals surface area (Å²) >= 11 is 0. The van der Waals surface area contributed by atoms with Crippen molar-refractivity contribution in [1.82, 2.24) is 9.78 Å². The Morgan fingerprint density at radius 1 is 1.12 bits per heavy atom. The maximum atomic E-state index is 12.9. The van der Waals surface area contributed by atoms with Crippen molar-refractivity contribution in [1.29, 1.82) is 0 Å². The molecule has 1 aromatic heterocycles. The number of anilines is 1. The van der Waals surface area contributed by atoms with E-state index in [0.29, 0.717) is 18.7 Å². The topological polar surface area (TPSA) is 90.3 Å². The van der Waals surface area contributed by atoms with E-state index in [1.165, 1.54) is 0 Å². The fourth-order valence-electron chi connectivity index (χ4n) is 3.86. The first-order valence-electron chi connectivity index (χ1n) is 10.7. The van der Waals surface area contributed by atoms with Crippen LogP contribution in [0.1, 0.15) is 41.0 Å². The van der Waals surface area contributed by atoms with Crippen molar-refractivity contribution < 1.29 is 17.9 Å². The second-order valence-electron chi connectivity index (χ2n) is 8.13. The Hall–Kier alpha value is -3.13. The fraction of sp³-hybridized carbons (Fsp3) is 0.333. The number of ether oxygens (including phenoxy) is 1. The highest BCUT2D eigenvalue weighted by molar-refractivity contribution is 7.91. The first-order valence-corrected chi connectivity index (χ1v) is 12.5. The van der Waals surface area contributed by atoms with Crippen LogP contribution in [0.15, 0.2) is 48.5 Å². The summed E-state index contributed by atoms with van der Waals surface area (Å²) in [5, 5.41) is 7.40. The lowest BCUT2D eigenvalue weighted by molar-refractivity contribution is 0.102. The Kier molecular flexibility index (Phi) is 6.06. The Balaban J connectivity index is 1.66. The third-order valence-electron chi connectivity index (χ3n) is 5.75. The van der Waals surface area contributed by atoms with Crippen LogP contribution in [0, 0.1) is 13.8 Å². The van der Waals surface area contributed by atoms with Crippen molar-refractivity contribution in [3.63, 3.8) is 0 Å². The smallest absolute Gasteiger partial charge is 0.276 e. The number of carbonyl (C=O) groups is 1. The van der Waals surface area contributed by atoms with E-state index in [1.807, 2.05) is 39.0 Å². The van der Waals surface area contributed by atoms with Gasteiger partial charge in [-0.05, 0) is 74.7 Å². The lowest BCUT2D eigenvalue weighted by atomic mass is 10.0. The number of rotatable bonds is 6. The van der Waals surface area contributed by atoms with Crippen molar-refractivity contribution in [3.8, 4) is 17.0 Å². The van der Waals surface area contributed by atoms with Crippen molar-refractivity contribution in [2.75, 3.05) is 23.4 Å². The van der Waals surface area contributed by atoms with E-state index in [4.69, 9.17) is 4.74 Å². The Morgan fingerprint density at radius 2 is 1.88 bits per heavy atom. The molecule has 2 heterocycles. The van der Waals surface area contributed by atoms with Gasteiger partial charge in [0.2, 0.25) is 0 Å². The van der Waals surface area contributed by atoms with E-state index >= 15 is 0 Å². The molecule has 1 unspecified atom stereocenters. The van der Waals surface area contributed by atoms with Gasteiger partial charge in [0.15, 0.2) is 15.5 Å². The fourth-order valence-corrected chi connectivity index (χ4v) is 5.56. The average molecular weight is 454 g/mol. The first kappa shape index (κ1) is 22.1. The molecule has 1 aliphatic rings. The summed E-state index contributed by atoms with van der Waals surface area (Å²) in [7, 11) is -3.10. The Morgan fingerprint density at radius 3 is 2.50 bits per heavy atom. The van der Waals surface area contributed by atoms with Crippen LogP contribution in [-0.2, 0) is 9.84 Å². The lowest BCUT2D eigenvalue weighted by Crippen LogP contribution is -2.16. The zero-order valence-corrected chi connectivity index (χ0v) is 19.3. The Labute approximate surface area is 188 Å². The molecule has 0 bridgehead atoms. The predicted octanol–water partition coefficient (Wildman–Crippen LogP) is 4.18. The summed E-state index contributed by atoms with van der Waals surface area (Å²) in [5.74, 6) is 0.553.